The molecule has 1 saturated heterocycles. The Balaban J connectivity index is 1.74. The predicted octanol–water partition coefficient (Wildman–Crippen LogP) is 2.34. The van der Waals surface area contributed by atoms with Gasteiger partial charge in [-0.05, 0) is 39.2 Å². The maximum absolute atomic E-state index is 13.3. The standard InChI is InChI=1S/C23H35N3O5/c1-4-31-23(29)21-16(2)20(17(3)24-21)19(27)15-26(22(28)18-7-5-6-8-18)10-9-25-11-13-30-14-12-25/h18,24H,4-15H2,1-3H3. The Labute approximate surface area is 184 Å². The molecule has 8 nitrogen and oxygen atoms in total. The number of carbonyl (C=O) groups excluding carboxylic acids is 3. The molecule has 0 spiro atoms. The number of nitrogens with zero attached hydrogens (tertiary/aromatic N) is 2. The summed E-state index contributed by atoms with van der Waals surface area (Å²) in [7, 11) is 0. The fraction of sp³-hybridized carbons (Fsp3) is 0.696. The van der Waals surface area contributed by atoms with Crippen molar-refractivity contribution in [3.8, 4) is 0 Å². The summed E-state index contributed by atoms with van der Waals surface area (Å²) >= 11 is 0. The van der Waals surface area contributed by atoms with E-state index in [1.54, 1.807) is 25.7 Å². The molecule has 1 N–H and O–H groups in total. The number of aromatic nitrogens is 1. The quantitative estimate of drug-likeness (QED) is 0.475. The smallest absolute Gasteiger partial charge is 0.355 e. The number of nitrogens with one attached hydrogen (secondary N) is 1. The van der Waals surface area contributed by atoms with Gasteiger partial charge < -0.3 is 19.4 Å². The Kier molecular flexibility index (Phi) is 8.26. The van der Waals surface area contributed by atoms with Gasteiger partial charge >= 0.3 is 5.97 Å². The molecule has 0 bridgehead atoms. The van der Waals surface area contributed by atoms with Crippen molar-refractivity contribution in [1.29, 1.82) is 0 Å². The maximum Gasteiger partial charge on any atom is 0.355 e. The van der Waals surface area contributed by atoms with Crippen LogP contribution in [0.2, 0.25) is 0 Å². The molecule has 1 aliphatic carbocycles. The third-order valence-electron chi connectivity index (χ3n) is 6.34. The molecule has 8 heteroatoms. The van der Waals surface area contributed by atoms with Gasteiger partial charge in [-0.1, -0.05) is 12.8 Å². The number of hydrogen-bond acceptors (Lipinski definition) is 6. The molecular weight excluding hydrogens is 398 g/mol. The Morgan fingerprint density at radius 3 is 2.48 bits per heavy atom. The highest BCUT2D eigenvalue weighted by Gasteiger charge is 2.30. The Hall–Kier alpha value is -2.19. The average Bonchev–Trinajstić information content (AvgIpc) is 3.39. The summed E-state index contributed by atoms with van der Waals surface area (Å²) < 4.78 is 10.5. The molecular formula is C23H35N3O5. The lowest BCUT2D eigenvalue weighted by Crippen LogP contribution is -2.46. The van der Waals surface area contributed by atoms with E-state index in [0.29, 0.717) is 42.3 Å². The van der Waals surface area contributed by atoms with Gasteiger partial charge in [-0.2, -0.15) is 0 Å². The van der Waals surface area contributed by atoms with Gasteiger partial charge in [-0.15, -0.1) is 0 Å². The number of esters is 1. The number of hydrogen-bond donors (Lipinski definition) is 1. The van der Waals surface area contributed by atoms with Crippen molar-refractivity contribution in [3.63, 3.8) is 0 Å². The van der Waals surface area contributed by atoms with E-state index >= 15 is 0 Å². The molecule has 2 fully saturated rings. The van der Waals surface area contributed by atoms with Crippen LogP contribution in [0.3, 0.4) is 0 Å². The predicted molar refractivity (Wildman–Crippen MR) is 116 cm³/mol. The summed E-state index contributed by atoms with van der Waals surface area (Å²) in [4.78, 5) is 45.7. The molecule has 1 aromatic heterocycles. The first-order valence-electron chi connectivity index (χ1n) is 11.4. The van der Waals surface area contributed by atoms with Crippen LogP contribution in [0.25, 0.3) is 0 Å². The summed E-state index contributed by atoms with van der Waals surface area (Å²) in [6.45, 7) is 9.92. The number of Topliss-reactive ketones (excluding diaryl/α,β-unsaturated/α-hetero) is 1. The average molecular weight is 434 g/mol. The highest BCUT2D eigenvalue weighted by atomic mass is 16.5. The van der Waals surface area contributed by atoms with Crippen LogP contribution >= 0.6 is 0 Å². The molecule has 1 aromatic rings. The molecule has 0 unspecified atom stereocenters. The number of ketones is 1. The summed E-state index contributed by atoms with van der Waals surface area (Å²) in [5, 5.41) is 0. The van der Waals surface area contributed by atoms with E-state index in [0.717, 1.165) is 45.3 Å². The summed E-state index contributed by atoms with van der Waals surface area (Å²) in [6, 6.07) is 0. The molecule has 1 amide bonds. The number of carbonyl (C=O) groups is 3. The largest absolute Gasteiger partial charge is 0.461 e. The number of morpholine rings is 1. The van der Waals surface area contributed by atoms with Gasteiger partial charge in [0.25, 0.3) is 0 Å². The van der Waals surface area contributed by atoms with Crippen molar-refractivity contribution in [2.24, 2.45) is 5.92 Å². The number of amides is 1. The van der Waals surface area contributed by atoms with E-state index in [9.17, 15) is 14.4 Å². The zero-order valence-electron chi connectivity index (χ0n) is 19.0. The third kappa shape index (κ3) is 5.74. The highest BCUT2D eigenvalue weighted by molar-refractivity contribution is 6.04. The summed E-state index contributed by atoms with van der Waals surface area (Å²) in [5.74, 6) is -0.514. The maximum atomic E-state index is 13.3. The van der Waals surface area contributed by atoms with E-state index < -0.39 is 5.97 Å². The molecule has 172 valence electrons. The second-order valence-electron chi connectivity index (χ2n) is 8.46. The Bertz CT molecular complexity index is 791. The van der Waals surface area contributed by atoms with Crippen LogP contribution in [0, 0.1) is 19.8 Å². The molecule has 0 aromatic carbocycles. The van der Waals surface area contributed by atoms with E-state index in [4.69, 9.17) is 9.47 Å². The SMILES string of the molecule is CCOC(=O)c1[nH]c(C)c(C(=O)CN(CCN2CCOCC2)C(=O)C2CCCC2)c1C. The van der Waals surface area contributed by atoms with Gasteiger partial charge in [0.1, 0.15) is 5.69 Å². The van der Waals surface area contributed by atoms with Gasteiger partial charge in [0.05, 0.1) is 26.4 Å². The lowest BCUT2D eigenvalue weighted by molar-refractivity contribution is -0.135. The lowest BCUT2D eigenvalue weighted by atomic mass is 10.0. The molecule has 0 radical (unpaired) electrons. The van der Waals surface area contributed by atoms with Crippen LogP contribution in [0.15, 0.2) is 0 Å². The second kappa shape index (κ2) is 10.9. The first-order chi connectivity index (χ1) is 14.9. The van der Waals surface area contributed by atoms with Crippen molar-refractivity contribution >= 4 is 17.7 Å². The van der Waals surface area contributed by atoms with E-state index in [-0.39, 0.29) is 30.8 Å². The van der Waals surface area contributed by atoms with Gasteiger partial charge in [0.2, 0.25) is 5.91 Å². The normalized spacial score (nSPS) is 17.6. The fourth-order valence-electron chi connectivity index (χ4n) is 4.61. The third-order valence-corrected chi connectivity index (χ3v) is 6.34. The minimum atomic E-state index is -0.464. The van der Waals surface area contributed by atoms with Crippen LogP contribution in [-0.2, 0) is 14.3 Å². The minimum Gasteiger partial charge on any atom is -0.461 e. The van der Waals surface area contributed by atoms with Crippen LogP contribution in [0.5, 0.6) is 0 Å². The number of H-pyrrole nitrogens is 1. The summed E-state index contributed by atoms with van der Waals surface area (Å²) in [6.07, 6.45) is 3.94. The Morgan fingerprint density at radius 2 is 1.84 bits per heavy atom. The minimum absolute atomic E-state index is 0.0148. The molecule has 1 aliphatic heterocycles. The number of ether oxygens (including phenoxy) is 2. The first kappa shape index (κ1) is 23.5. The summed E-state index contributed by atoms with van der Waals surface area (Å²) in [5.41, 5.74) is 2.01. The molecule has 3 rings (SSSR count). The van der Waals surface area contributed by atoms with E-state index in [1.807, 2.05) is 0 Å². The second-order valence-corrected chi connectivity index (χ2v) is 8.46. The topological polar surface area (TPSA) is 91.9 Å². The van der Waals surface area contributed by atoms with E-state index in [2.05, 4.69) is 9.88 Å². The van der Waals surface area contributed by atoms with Crippen molar-refractivity contribution < 1.29 is 23.9 Å². The first-order valence-corrected chi connectivity index (χ1v) is 11.4. The van der Waals surface area contributed by atoms with Gasteiger partial charge in [0, 0.05) is 43.4 Å². The molecule has 1 saturated carbocycles. The van der Waals surface area contributed by atoms with E-state index in [1.165, 1.54) is 0 Å². The van der Waals surface area contributed by atoms with Crippen molar-refractivity contribution in [2.45, 2.75) is 46.5 Å². The van der Waals surface area contributed by atoms with Gasteiger partial charge in [-0.25, -0.2) is 4.79 Å². The molecule has 2 heterocycles. The van der Waals surface area contributed by atoms with Gasteiger partial charge in [0.15, 0.2) is 5.78 Å². The molecule has 0 atom stereocenters. The van der Waals surface area contributed by atoms with Gasteiger partial charge in [-0.3, -0.25) is 14.5 Å². The number of aromatic amines is 1. The van der Waals surface area contributed by atoms with Crippen LogP contribution in [-0.4, -0.2) is 85.0 Å². The van der Waals surface area contributed by atoms with Crippen LogP contribution in [0.4, 0.5) is 0 Å². The monoisotopic (exact) mass is 433 g/mol. The van der Waals surface area contributed by atoms with Crippen LogP contribution < -0.4 is 0 Å². The number of rotatable bonds is 9. The Morgan fingerprint density at radius 1 is 1.16 bits per heavy atom. The highest BCUT2D eigenvalue weighted by Crippen LogP contribution is 2.27. The van der Waals surface area contributed by atoms with Crippen LogP contribution in [0.1, 0.15) is 64.7 Å². The zero-order chi connectivity index (χ0) is 22.4. The molecule has 2 aliphatic rings. The van der Waals surface area contributed by atoms with Crippen molar-refractivity contribution in [3.05, 3.63) is 22.5 Å². The van der Waals surface area contributed by atoms with Crippen molar-refractivity contribution in [2.75, 3.05) is 52.5 Å². The fourth-order valence-corrected chi connectivity index (χ4v) is 4.61. The van der Waals surface area contributed by atoms with Crippen molar-refractivity contribution in [1.82, 2.24) is 14.8 Å². The number of aryl methyl sites for hydroxylation is 1. The lowest BCUT2D eigenvalue weighted by Gasteiger charge is -2.31. The molecule has 31 heavy (non-hydrogen) atoms. The zero-order valence-corrected chi connectivity index (χ0v) is 19.0.